The first-order valence-electron chi connectivity index (χ1n) is 5.31. The van der Waals surface area contributed by atoms with Crippen molar-refractivity contribution in [3.8, 4) is 5.69 Å². The Morgan fingerprint density at radius 3 is 2.44 bits per heavy atom. The molecule has 0 fully saturated rings. The van der Waals surface area contributed by atoms with E-state index < -0.39 is 11.6 Å². The third-order valence-electron chi connectivity index (χ3n) is 2.68. The SMILES string of the molecule is CC(=O)c1nnn(-c2cc(F)c(C)cc2F)c1C. The van der Waals surface area contributed by atoms with Gasteiger partial charge in [0.2, 0.25) is 0 Å². The van der Waals surface area contributed by atoms with E-state index in [9.17, 15) is 13.6 Å². The summed E-state index contributed by atoms with van der Waals surface area (Å²) in [5.74, 6) is -1.42. The van der Waals surface area contributed by atoms with Gasteiger partial charge in [0.05, 0.1) is 5.69 Å². The van der Waals surface area contributed by atoms with Crippen molar-refractivity contribution in [2.75, 3.05) is 0 Å². The van der Waals surface area contributed by atoms with Gasteiger partial charge in [-0.25, -0.2) is 13.5 Å². The smallest absolute Gasteiger partial charge is 0.181 e. The highest BCUT2D eigenvalue weighted by molar-refractivity contribution is 5.93. The molecule has 2 aromatic rings. The molecule has 4 nitrogen and oxygen atoms in total. The van der Waals surface area contributed by atoms with Gasteiger partial charge in [-0.3, -0.25) is 4.79 Å². The van der Waals surface area contributed by atoms with E-state index in [4.69, 9.17) is 0 Å². The monoisotopic (exact) mass is 251 g/mol. The van der Waals surface area contributed by atoms with E-state index >= 15 is 0 Å². The molecule has 6 heteroatoms. The van der Waals surface area contributed by atoms with Gasteiger partial charge in [0.25, 0.3) is 0 Å². The molecular formula is C12H11F2N3O. The molecule has 1 aromatic carbocycles. The van der Waals surface area contributed by atoms with Crippen molar-refractivity contribution in [2.45, 2.75) is 20.8 Å². The predicted molar refractivity (Wildman–Crippen MR) is 60.8 cm³/mol. The zero-order valence-corrected chi connectivity index (χ0v) is 10.2. The molecule has 0 saturated heterocycles. The second kappa shape index (κ2) is 4.29. The fraction of sp³-hybridized carbons (Fsp3) is 0.250. The van der Waals surface area contributed by atoms with Gasteiger partial charge >= 0.3 is 0 Å². The minimum atomic E-state index is -0.614. The number of ketones is 1. The highest BCUT2D eigenvalue weighted by atomic mass is 19.1. The summed E-state index contributed by atoms with van der Waals surface area (Å²) >= 11 is 0. The lowest BCUT2D eigenvalue weighted by Gasteiger charge is -2.06. The lowest BCUT2D eigenvalue weighted by molar-refractivity contribution is 0.101. The van der Waals surface area contributed by atoms with Gasteiger partial charge in [-0.2, -0.15) is 0 Å². The summed E-state index contributed by atoms with van der Waals surface area (Å²) in [5.41, 5.74) is 0.677. The van der Waals surface area contributed by atoms with Crippen LogP contribution in [0.15, 0.2) is 12.1 Å². The minimum absolute atomic E-state index is 0.0596. The number of nitrogens with zero attached hydrogens (tertiary/aromatic N) is 3. The van der Waals surface area contributed by atoms with Crippen LogP contribution in [-0.2, 0) is 0 Å². The normalized spacial score (nSPS) is 10.7. The molecule has 0 radical (unpaired) electrons. The summed E-state index contributed by atoms with van der Waals surface area (Å²) in [4.78, 5) is 11.2. The zero-order chi connectivity index (χ0) is 13.4. The van der Waals surface area contributed by atoms with Crippen LogP contribution in [0.5, 0.6) is 0 Å². The van der Waals surface area contributed by atoms with E-state index in [0.29, 0.717) is 5.69 Å². The van der Waals surface area contributed by atoms with Gasteiger partial charge in [0.15, 0.2) is 11.5 Å². The highest BCUT2D eigenvalue weighted by Crippen LogP contribution is 2.19. The zero-order valence-electron chi connectivity index (χ0n) is 10.2. The Labute approximate surface area is 102 Å². The van der Waals surface area contributed by atoms with E-state index in [0.717, 1.165) is 16.8 Å². The van der Waals surface area contributed by atoms with Crippen molar-refractivity contribution < 1.29 is 13.6 Å². The Balaban J connectivity index is 2.63. The third kappa shape index (κ3) is 1.90. The number of aromatic nitrogens is 3. The van der Waals surface area contributed by atoms with Crippen molar-refractivity contribution >= 4 is 5.78 Å². The van der Waals surface area contributed by atoms with Crippen molar-refractivity contribution in [1.29, 1.82) is 0 Å². The molecular weight excluding hydrogens is 240 g/mol. The molecule has 0 N–H and O–H groups in total. The summed E-state index contributed by atoms with van der Waals surface area (Å²) in [6.07, 6.45) is 0. The first kappa shape index (κ1) is 12.3. The van der Waals surface area contributed by atoms with Gasteiger partial charge < -0.3 is 0 Å². The van der Waals surface area contributed by atoms with Gasteiger partial charge in [-0.15, -0.1) is 5.10 Å². The van der Waals surface area contributed by atoms with E-state index in [-0.39, 0.29) is 22.7 Å². The molecule has 0 aliphatic heterocycles. The van der Waals surface area contributed by atoms with E-state index in [2.05, 4.69) is 10.3 Å². The van der Waals surface area contributed by atoms with Crippen LogP contribution >= 0.6 is 0 Å². The lowest BCUT2D eigenvalue weighted by Crippen LogP contribution is -2.05. The summed E-state index contributed by atoms with van der Waals surface area (Å²) in [6.45, 7) is 4.39. The number of hydrogen-bond donors (Lipinski definition) is 0. The first-order chi connectivity index (χ1) is 8.41. The van der Waals surface area contributed by atoms with Crippen LogP contribution in [-0.4, -0.2) is 20.8 Å². The second-order valence-electron chi connectivity index (χ2n) is 4.04. The molecule has 94 valence electrons. The van der Waals surface area contributed by atoms with Crippen LogP contribution in [0.25, 0.3) is 5.69 Å². The maximum absolute atomic E-state index is 13.8. The van der Waals surface area contributed by atoms with E-state index in [1.165, 1.54) is 13.8 Å². The van der Waals surface area contributed by atoms with Crippen LogP contribution in [0.1, 0.15) is 28.7 Å². The number of hydrogen-bond acceptors (Lipinski definition) is 3. The molecule has 0 aliphatic carbocycles. The predicted octanol–water partition coefficient (Wildman–Crippen LogP) is 2.36. The van der Waals surface area contributed by atoms with Crippen LogP contribution in [0.4, 0.5) is 8.78 Å². The van der Waals surface area contributed by atoms with Crippen LogP contribution < -0.4 is 0 Å². The summed E-state index contributed by atoms with van der Waals surface area (Å²) in [5, 5.41) is 7.34. The fourth-order valence-electron chi connectivity index (χ4n) is 1.68. The standard InChI is InChI=1S/C12H11F2N3O/c1-6-4-10(14)11(5-9(6)13)17-7(2)12(8(3)18)15-16-17/h4-5H,1-3H3. The molecule has 1 aromatic heterocycles. The maximum Gasteiger partial charge on any atom is 0.181 e. The minimum Gasteiger partial charge on any atom is -0.293 e. The lowest BCUT2D eigenvalue weighted by atomic mass is 10.2. The largest absolute Gasteiger partial charge is 0.293 e. The highest BCUT2D eigenvalue weighted by Gasteiger charge is 2.17. The molecule has 0 unspecified atom stereocenters. The van der Waals surface area contributed by atoms with Crippen molar-refractivity contribution in [1.82, 2.24) is 15.0 Å². The Kier molecular flexibility index (Phi) is 2.94. The average Bonchev–Trinajstić information content (AvgIpc) is 2.66. The first-order valence-corrected chi connectivity index (χ1v) is 5.31. The number of carbonyl (C=O) groups excluding carboxylic acids is 1. The second-order valence-corrected chi connectivity index (χ2v) is 4.04. The number of carbonyl (C=O) groups is 1. The number of Topliss-reactive ketones (excluding diaryl/α,β-unsaturated/α-hetero) is 1. The quantitative estimate of drug-likeness (QED) is 0.770. The summed E-state index contributed by atoms with van der Waals surface area (Å²) in [6, 6.07) is 2.12. The summed E-state index contributed by atoms with van der Waals surface area (Å²) < 4.78 is 28.3. The Morgan fingerprint density at radius 2 is 1.89 bits per heavy atom. The Hall–Kier alpha value is -2.11. The topological polar surface area (TPSA) is 47.8 Å². The molecule has 0 aliphatic rings. The maximum atomic E-state index is 13.8. The van der Waals surface area contributed by atoms with Gasteiger partial charge in [-0.1, -0.05) is 5.21 Å². The molecule has 1 heterocycles. The molecule has 0 atom stereocenters. The van der Waals surface area contributed by atoms with Crippen molar-refractivity contribution in [3.63, 3.8) is 0 Å². The average molecular weight is 251 g/mol. The molecule has 18 heavy (non-hydrogen) atoms. The Morgan fingerprint density at radius 1 is 1.22 bits per heavy atom. The number of benzene rings is 1. The number of halogens is 2. The van der Waals surface area contributed by atoms with Crippen molar-refractivity contribution in [2.24, 2.45) is 0 Å². The molecule has 0 bridgehead atoms. The van der Waals surface area contributed by atoms with Gasteiger partial charge in [0.1, 0.15) is 17.3 Å². The molecule has 0 saturated carbocycles. The van der Waals surface area contributed by atoms with Gasteiger partial charge in [0, 0.05) is 13.0 Å². The van der Waals surface area contributed by atoms with Crippen molar-refractivity contribution in [3.05, 3.63) is 40.7 Å². The summed E-state index contributed by atoms with van der Waals surface area (Å²) in [7, 11) is 0. The van der Waals surface area contributed by atoms with Gasteiger partial charge in [-0.05, 0) is 25.5 Å². The van der Waals surface area contributed by atoms with E-state index in [1.54, 1.807) is 6.92 Å². The fourth-order valence-corrected chi connectivity index (χ4v) is 1.68. The van der Waals surface area contributed by atoms with Crippen LogP contribution in [0, 0.1) is 25.5 Å². The van der Waals surface area contributed by atoms with Crippen LogP contribution in [0.2, 0.25) is 0 Å². The van der Waals surface area contributed by atoms with Crippen LogP contribution in [0.3, 0.4) is 0 Å². The number of rotatable bonds is 2. The van der Waals surface area contributed by atoms with E-state index in [1.807, 2.05) is 0 Å². The molecule has 0 spiro atoms. The Bertz CT molecular complexity index is 634. The number of aryl methyl sites for hydroxylation is 1. The molecule has 0 amide bonds. The third-order valence-corrected chi connectivity index (χ3v) is 2.68. The molecule has 2 rings (SSSR count).